The first-order valence-electron chi connectivity index (χ1n) is 6.00. The molecule has 0 bridgehead atoms. The highest BCUT2D eigenvalue weighted by Crippen LogP contribution is 2.25. The van der Waals surface area contributed by atoms with E-state index in [1.54, 1.807) is 0 Å². The van der Waals surface area contributed by atoms with Crippen LogP contribution in [-0.2, 0) is 6.42 Å². The van der Waals surface area contributed by atoms with Crippen LogP contribution in [0.15, 0.2) is 41.0 Å². The highest BCUT2D eigenvalue weighted by atomic mass is 79.9. The second kappa shape index (κ2) is 5.63. The molecule has 3 heteroatoms. The smallest absolute Gasteiger partial charge is 0.0451 e. The first-order valence-corrected chi connectivity index (χ1v) is 6.80. The zero-order valence-electron chi connectivity index (χ0n) is 10.7. The largest absolute Gasteiger partial charge is 0.324 e. The van der Waals surface area contributed by atoms with Crippen LogP contribution in [0.1, 0.15) is 28.4 Å². The number of benzene rings is 1. The first-order chi connectivity index (χ1) is 8.59. The molecule has 1 unspecified atom stereocenters. The fourth-order valence-corrected chi connectivity index (χ4v) is 2.46. The monoisotopic (exact) mass is 304 g/mol. The van der Waals surface area contributed by atoms with Crippen molar-refractivity contribution in [2.24, 2.45) is 5.73 Å². The van der Waals surface area contributed by atoms with Gasteiger partial charge in [-0.25, -0.2) is 0 Å². The lowest BCUT2D eigenvalue weighted by Crippen LogP contribution is -2.16. The van der Waals surface area contributed by atoms with Crippen molar-refractivity contribution < 1.29 is 0 Å². The van der Waals surface area contributed by atoms with Gasteiger partial charge in [-0.05, 0) is 42.7 Å². The molecule has 0 saturated carbocycles. The van der Waals surface area contributed by atoms with Crippen LogP contribution in [-0.4, -0.2) is 4.98 Å². The van der Waals surface area contributed by atoms with Crippen molar-refractivity contribution in [2.45, 2.75) is 26.3 Å². The summed E-state index contributed by atoms with van der Waals surface area (Å²) in [5, 5.41) is 0. The average molecular weight is 305 g/mol. The van der Waals surface area contributed by atoms with Crippen molar-refractivity contribution in [1.29, 1.82) is 0 Å². The van der Waals surface area contributed by atoms with Crippen LogP contribution in [0.4, 0.5) is 0 Å². The second-order valence-electron chi connectivity index (χ2n) is 4.53. The number of pyridine rings is 1. The van der Waals surface area contributed by atoms with Gasteiger partial charge in [0.25, 0.3) is 0 Å². The summed E-state index contributed by atoms with van der Waals surface area (Å²) in [6, 6.07) is 10.2. The van der Waals surface area contributed by atoms with Gasteiger partial charge >= 0.3 is 0 Å². The Bertz CT molecular complexity index is 552. The summed E-state index contributed by atoms with van der Waals surface area (Å²) >= 11 is 3.54. The fourth-order valence-electron chi connectivity index (χ4n) is 2.08. The van der Waals surface area contributed by atoms with Crippen molar-refractivity contribution in [3.8, 4) is 0 Å². The number of hydrogen-bond donors (Lipinski definition) is 1. The summed E-state index contributed by atoms with van der Waals surface area (Å²) in [5.41, 5.74) is 11.0. The van der Waals surface area contributed by atoms with Crippen LogP contribution in [0.2, 0.25) is 0 Å². The van der Waals surface area contributed by atoms with E-state index >= 15 is 0 Å². The SMILES string of the molecule is Cc1cccnc1CC(N)c1cccc(Br)c1C. The van der Waals surface area contributed by atoms with E-state index in [0.717, 1.165) is 16.6 Å². The Hall–Kier alpha value is -1.19. The molecule has 1 atom stereocenters. The van der Waals surface area contributed by atoms with E-state index < -0.39 is 0 Å². The van der Waals surface area contributed by atoms with Gasteiger partial charge in [-0.2, -0.15) is 0 Å². The summed E-state index contributed by atoms with van der Waals surface area (Å²) in [6.45, 7) is 4.16. The molecular formula is C15H17BrN2. The topological polar surface area (TPSA) is 38.9 Å². The molecule has 0 spiro atoms. The Morgan fingerprint density at radius 3 is 2.72 bits per heavy atom. The van der Waals surface area contributed by atoms with Gasteiger partial charge in [0.15, 0.2) is 0 Å². The molecule has 2 nitrogen and oxygen atoms in total. The molecule has 1 aromatic carbocycles. The van der Waals surface area contributed by atoms with Gasteiger partial charge in [-0.1, -0.05) is 34.1 Å². The number of halogens is 1. The Balaban J connectivity index is 2.25. The molecule has 0 aliphatic heterocycles. The summed E-state index contributed by atoms with van der Waals surface area (Å²) in [7, 11) is 0. The molecule has 0 saturated heterocycles. The lowest BCUT2D eigenvalue weighted by Gasteiger charge is -2.16. The minimum absolute atomic E-state index is 0.0175. The van der Waals surface area contributed by atoms with E-state index in [9.17, 15) is 0 Å². The summed E-state index contributed by atoms with van der Waals surface area (Å²) in [6.07, 6.45) is 2.59. The Kier molecular flexibility index (Phi) is 4.15. The van der Waals surface area contributed by atoms with Crippen LogP contribution in [0.5, 0.6) is 0 Å². The van der Waals surface area contributed by atoms with Crippen molar-refractivity contribution >= 4 is 15.9 Å². The predicted octanol–water partition coefficient (Wildman–Crippen LogP) is 3.70. The Labute approximate surface area is 116 Å². The van der Waals surface area contributed by atoms with Gasteiger partial charge in [0.1, 0.15) is 0 Å². The lowest BCUT2D eigenvalue weighted by atomic mass is 9.97. The number of nitrogens with zero attached hydrogens (tertiary/aromatic N) is 1. The van der Waals surface area contributed by atoms with Gasteiger partial charge in [-0.3, -0.25) is 4.98 Å². The van der Waals surface area contributed by atoms with E-state index in [2.05, 4.69) is 46.9 Å². The van der Waals surface area contributed by atoms with E-state index in [1.807, 2.05) is 24.4 Å². The van der Waals surface area contributed by atoms with Crippen LogP contribution in [0.3, 0.4) is 0 Å². The van der Waals surface area contributed by atoms with Crippen molar-refractivity contribution in [3.05, 3.63) is 63.4 Å². The van der Waals surface area contributed by atoms with Crippen molar-refractivity contribution in [2.75, 3.05) is 0 Å². The minimum atomic E-state index is -0.0175. The molecule has 94 valence electrons. The van der Waals surface area contributed by atoms with Crippen LogP contribution >= 0.6 is 15.9 Å². The summed E-state index contributed by atoms with van der Waals surface area (Å²) in [4.78, 5) is 4.40. The van der Waals surface area contributed by atoms with E-state index in [-0.39, 0.29) is 6.04 Å². The van der Waals surface area contributed by atoms with E-state index in [0.29, 0.717) is 0 Å². The molecule has 0 radical (unpaired) electrons. The first kappa shape index (κ1) is 13.2. The number of hydrogen-bond acceptors (Lipinski definition) is 2. The third-order valence-electron chi connectivity index (χ3n) is 3.24. The van der Waals surface area contributed by atoms with Gasteiger partial charge in [0.2, 0.25) is 0 Å². The molecule has 2 rings (SSSR count). The third kappa shape index (κ3) is 2.79. The Morgan fingerprint density at radius 2 is 2.00 bits per heavy atom. The summed E-state index contributed by atoms with van der Waals surface area (Å²) in [5.74, 6) is 0. The molecule has 0 amide bonds. The van der Waals surface area contributed by atoms with E-state index in [4.69, 9.17) is 5.73 Å². The quantitative estimate of drug-likeness (QED) is 0.939. The molecule has 0 fully saturated rings. The Morgan fingerprint density at radius 1 is 1.22 bits per heavy atom. The second-order valence-corrected chi connectivity index (χ2v) is 5.39. The van der Waals surface area contributed by atoms with Gasteiger partial charge in [0, 0.05) is 28.8 Å². The predicted molar refractivity (Wildman–Crippen MR) is 78.5 cm³/mol. The average Bonchev–Trinajstić information content (AvgIpc) is 2.35. The molecule has 2 N–H and O–H groups in total. The molecule has 2 aromatic rings. The zero-order chi connectivity index (χ0) is 13.1. The standard InChI is InChI=1S/C15H17BrN2/c1-10-5-4-8-18-15(10)9-14(17)12-6-3-7-13(16)11(12)2/h3-8,14H,9,17H2,1-2H3. The van der Waals surface area contributed by atoms with Gasteiger partial charge in [-0.15, -0.1) is 0 Å². The molecule has 1 heterocycles. The molecule has 0 aliphatic carbocycles. The van der Waals surface area contributed by atoms with Crippen LogP contribution in [0.25, 0.3) is 0 Å². The lowest BCUT2D eigenvalue weighted by molar-refractivity contribution is 0.697. The van der Waals surface area contributed by atoms with Gasteiger partial charge in [0.05, 0.1) is 0 Å². The highest BCUT2D eigenvalue weighted by molar-refractivity contribution is 9.10. The third-order valence-corrected chi connectivity index (χ3v) is 4.10. The maximum atomic E-state index is 6.30. The maximum Gasteiger partial charge on any atom is 0.0451 e. The molecule has 18 heavy (non-hydrogen) atoms. The minimum Gasteiger partial charge on any atom is -0.324 e. The number of rotatable bonds is 3. The number of nitrogens with two attached hydrogens (primary N) is 1. The zero-order valence-corrected chi connectivity index (χ0v) is 12.2. The maximum absolute atomic E-state index is 6.30. The van der Waals surface area contributed by atoms with Gasteiger partial charge < -0.3 is 5.73 Å². The summed E-state index contributed by atoms with van der Waals surface area (Å²) < 4.78 is 1.10. The molecule has 1 aromatic heterocycles. The fraction of sp³-hybridized carbons (Fsp3) is 0.267. The van der Waals surface area contributed by atoms with Crippen molar-refractivity contribution in [1.82, 2.24) is 4.98 Å². The highest BCUT2D eigenvalue weighted by Gasteiger charge is 2.12. The van der Waals surface area contributed by atoms with E-state index in [1.165, 1.54) is 16.7 Å². The molecular weight excluding hydrogens is 288 g/mol. The van der Waals surface area contributed by atoms with Crippen LogP contribution < -0.4 is 5.73 Å². The normalized spacial score (nSPS) is 12.4. The van der Waals surface area contributed by atoms with Crippen molar-refractivity contribution in [3.63, 3.8) is 0 Å². The van der Waals surface area contributed by atoms with Crippen LogP contribution in [0, 0.1) is 13.8 Å². The number of aryl methyl sites for hydroxylation is 1. The number of aromatic nitrogens is 1. The molecule has 0 aliphatic rings.